The number of nitrogens with zero attached hydrogens (tertiary/aromatic N) is 1. The smallest absolute Gasteiger partial charge is 0.312 e. The molecule has 16 heavy (non-hydrogen) atoms. The Morgan fingerprint density at radius 3 is 2.94 bits per heavy atom. The Bertz CT molecular complexity index is 459. The highest BCUT2D eigenvalue weighted by Gasteiger charge is 2.01. The largest absolute Gasteiger partial charge is 0.328 e. The van der Waals surface area contributed by atoms with Crippen LogP contribution in [0.4, 0.5) is 0 Å². The summed E-state index contributed by atoms with van der Waals surface area (Å²) >= 11 is 0. The van der Waals surface area contributed by atoms with Crippen LogP contribution in [-0.2, 0) is 13.0 Å². The molecule has 0 aliphatic rings. The molecule has 0 aromatic carbocycles. The van der Waals surface area contributed by atoms with E-state index in [1.807, 2.05) is 6.92 Å². The van der Waals surface area contributed by atoms with Gasteiger partial charge in [0.05, 0.1) is 0 Å². The van der Waals surface area contributed by atoms with E-state index < -0.39 is 0 Å². The Balaban J connectivity index is 2.76. The minimum absolute atomic E-state index is 0.289. The first-order valence-corrected chi connectivity index (χ1v) is 5.33. The van der Waals surface area contributed by atoms with Crippen LogP contribution in [0.25, 0.3) is 0 Å². The van der Waals surface area contributed by atoms with Crippen LogP contribution in [0, 0.1) is 0 Å². The van der Waals surface area contributed by atoms with Crippen molar-refractivity contribution in [1.29, 1.82) is 0 Å². The number of aromatic amines is 1. The van der Waals surface area contributed by atoms with Gasteiger partial charge < -0.3 is 5.32 Å². The van der Waals surface area contributed by atoms with Gasteiger partial charge in [0, 0.05) is 31.4 Å². The highest BCUT2D eigenvalue weighted by molar-refractivity contribution is 5.03. The van der Waals surface area contributed by atoms with Crippen LogP contribution in [0.15, 0.2) is 28.4 Å². The summed E-state index contributed by atoms with van der Waals surface area (Å²) in [5, 5.41) is 3.09. The first-order chi connectivity index (χ1) is 7.69. The maximum atomic E-state index is 11.4. The molecule has 2 N–H and O–H groups in total. The van der Waals surface area contributed by atoms with Gasteiger partial charge in [-0.25, -0.2) is 4.79 Å². The lowest BCUT2D eigenvalue weighted by atomic mass is 10.3. The van der Waals surface area contributed by atoms with Gasteiger partial charge in [-0.3, -0.25) is 14.3 Å². The maximum absolute atomic E-state index is 11.4. The number of H-pyrrole nitrogens is 1. The Kier molecular flexibility index (Phi) is 4.72. The fourth-order valence-electron chi connectivity index (χ4n) is 1.38. The van der Waals surface area contributed by atoms with E-state index in [2.05, 4.69) is 16.9 Å². The van der Waals surface area contributed by atoms with Crippen LogP contribution in [0.3, 0.4) is 0 Å². The zero-order valence-corrected chi connectivity index (χ0v) is 9.45. The van der Waals surface area contributed by atoms with Gasteiger partial charge in [-0.1, -0.05) is 13.0 Å². The van der Waals surface area contributed by atoms with E-state index in [4.69, 9.17) is 0 Å². The summed E-state index contributed by atoms with van der Waals surface area (Å²) in [4.78, 5) is 25.0. The van der Waals surface area contributed by atoms with E-state index in [-0.39, 0.29) is 11.2 Å². The molecule has 1 heterocycles. The molecule has 0 fully saturated rings. The molecule has 1 aromatic rings. The van der Waals surface area contributed by atoms with Crippen LogP contribution >= 0.6 is 0 Å². The van der Waals surface area contributed by atoms with Gasteiger partial charge in [0.25, 0.3) is 5.56 Å². The minimum atomic E-state index is -0.359. The summed E-state index contributed by atoms with van der Waals surface area (Å²) in [5.74, 6) is 0. The second-order valence-electron chi connectivity index (χ2n) is 3.45. The average molecular weight is 223 g/mol. The standard InChI is InChI=1S/C11H17N3O2/c1-3-5-12-6-7-14-8-9(4-2)10(15)13-11(14)16/h3,8,12H,1,4-7H2,2H3,(H,13,15,16). The quantitative estimate of drug-likeness (QED) is 0.521. The lowest BCUT2D eigenvalue weighted by molar-refractivity contribution is 0.591. The fraction of sp³-hybridized carbons (Fsp3) is 0.455. The maximum Gasteiger partial charge on any atom is 0.328 e. The molecule has 0 atom stereocenters. The molecular weight excluding hydrogens is 206 g/mol. The zero-order valence-electron chi connectivity index (χ0n) is 9.45. The molecule has 0 saturated heterocycles. The number of rotatable bonds is 6. The summed E-state index contributed by atoms with van der Waals surface area (Å²) in [6, 6.07) is 0. The van der Waals surface area contributed by atoms with Gasteiger partial charge in [-0.2, -0.15) is 0 Å². The third-order valence-corrected chi connectivity index (χ3v) is 2.28. The molecule has 5 nitrogen and oxygen atoms in total. The molecule has 0 bridgehead atoms. The van der Waals surface area contributed by atoms with E-state index in [1.54, 1.807) is 12.3 Å². The van der Waals surface area contributed by atoms with Gasteiger partial charge in [-0.05, 0) is 6.42 Å². The van der Waals surface area contributed by atoms with Crippen molar-refractivity contribution in [3.8, 4) is 0 Å². The van der Waals surface area contributed by atoms with E-state index in [0.717, 1.165) is 0 Å². The molecule has 0 amide bonds. The number of hydrogen-bond acceptors (Lipinski definition) is 3. The van der Waals surface area contributed by atoms with E-state index in [0.29, 0.717) is 31.6 Å². The van der Waals surface area contributed by atoms with Crippen LogP contribution in [0.5, 0.6) is 0 Å². The lowest BCUT2D eigenvalue weighted by Gasteiger charge is -2.06. The van der Waals surface area contributed by atoms with Crippen LogP contribution in [0.2, 0.25) is 0 Å². The van der Waals surface area contributed by atoms with Crippen LogP contribution in [-0.4, -0.2) is 22.6 Å². The molecular formula is C11H17N3O2. The van der Waals surface area contributed by atoms with Crippen LogP contribution < -0.4 is 16.6 Å². The van der Waals surface area contributed by atoms with Crippen molar-refractivity contribution in [1.82, 2.24) is 14.9 Å². The van der Waals surface area contributed by atoms with Gasteiger partial charge >= 0.3 is 5.69 Å². The third kappa shape index (κ3) is 3.20. The molecule has 88 valence electrons. The summed E-state index contributed by atoms with van der Waals surface area (Å²) in [7, 11) is 0. The highest BCUT2D eigenvalue weighted by Crippen LogP contribution is 1.88. The molecule has 1 aromatic heterocycles. The van der Waals surface area contributed by atoms with Gasteiger partial charge in [-0.15, -0.1) is 6.58 Å². The van der Waals surface area contributed by atoms with Crippen molar-refractivity contribution in [3.63, 3.8) is 0 Å². The van der Waals surface area contributed by atoms with Crippen LogP contribution in [0.1, 0.15) is 12.5 Å². The molecule has 5 heteroatoms. The summed E-state index contributed by atoms with van der Waals surface area (Å²) < 4.78 is 1.51. The van der Waals surface area contributed by atoms with E-state index in [1.165, 1.54) is 4.57 Å². The van der Waals surface area contributed by atoms with Crippen molar-refractivity contribution in [2.75, 3.05) is 13.1 Å². The van der Waals surface area contributed by atoms with Crippen molar-refractivity contribution in [2.45, 2.75) is 19.9 Å². The van der Waals surface area contributed by atoms with E-state index in [9.17, 15) is 9.59 Å². The van der Waals surface area contributed by atoms with E-state index >= 15 is 0 Å². The van der Waals surface area contributed by atoms with Crippen molar-refractivity contribution in [2.24, 2.45) is 0 Å². The van der Waals surface area contributed by atoms with Gasteiger partial charge in [0.1, 0.15) is 0 Å². The lowest BCUT2D eigenvalue weighted by Crippen LogP contribution is -2.34. The Labute approximate surface area is 93.8 Å². The molecule has 0 aliphatic carbocycles. The van der Waals surface area contributed by atoms with Gasteiger partial charge in [0.15, 0.2) is 0 Å². The molecule has 0 unspecified atom stereocenters. The third-order valence-electron chi connectivity index (χ3n) is 2.28. The molecule has 1 rings (SSSR count). The first kappa shape index (κ1) is 12.4. The Morgan fingerprint density at radius 1 is 1.56 bits per heavy atom. The first-order valence-electron chi connectivity index (χ1n) is 5.33. The summed E-state index contributed by atoms with van der Waals surface area (Å²) in [6.07, 6.45) is 4.00. The monoisotopic (exact) mass is 223 g/mol. The summed E-state index contributed by atoms with van der Waals surface area (Å²) in [6.45, 7) is 7.38. The second kappa shape index (κ2) is 6.07. The predicted molar refractivity (Wildman–Crippen MR) is 63.8 cm³/mol. The zero-order chi connectivity index (χ0) is 12.0. The normalized spacial score (nSPS) is 10.3. The van der Waals surface area contributed by atoms with Crippen molar-refractivity contribution >= 4 is 0 Å². The number of aromatic nitrogens is 2. The fourth-order valence-corrected chi connectivity index (χ4v) is 1.38. The molecule has 0 aliphatic heterocycles. The van der Waals surface area contributed by atoms with Gasteiger partial charge in [0.2, 0.25) is 0 Å². The Hall–Kier alpha value is -1.62. The van der Waals surface area contributed by atoms with Crippen molar-refractivity contribution < 1.29 is 0 Å². The predicted octanol–water partition coefficient (Wildman–Crippen LogP) is -0.125. The number of aryl methyl sites for hydroxylation is 1. The summed E-state index contributed by atoms with van der Waals surface area (Å²) in [5.41, 5.74) is -0.0197. The SMILES string of the molecule is C=CCNCCn1cc(CC)c(=O)[nH]c1=O. The highest BCUT2D eigenvalue weighted by atomic mass is 16.2. The topological polar surface area (TPSA) is 66.9 Å². The average Bonchev–Trinajstić information content (AvgIpc) is 2.27. The van der Waals surface area contributed by atoms with Crippen molar-refractivity contribution in [3.05, 3.63) is 45.3 Å². The molecule has 0 saturated carbocycles. The minimum Gasteiger partial charge on any atom is -0.312 e. The molecule has 0 radical (unpaired) electrons. The number of hydrogen-bond donors (Lipinski definition) is 2. The Morgan fingerprint density at radius 2 is 2.31 bits per heavy atom. The second-order valence-corrected chi connectivity index (χ2v) is 3.45. The molecule has 0 spiro atoms. The number of nitrogens with one attached hydrogen (secondary N) is 2.